The molecular formula is C17H23BrClN. The molecular weight excluding hydrogens is 334 g/mol. The number of rotatable bonds is 5. The van der Waals surface area contributed by atoms with Crippen molar-refractivity contribution in [2.75, 3.05) is 13.1 Å². The zero-order valence-corrected chi connectivity index (χ0v) is 14.4. The first-order valence-corrected chi connectivity index (χ1v) is 8.74. The Balaban J connectivity index is 2.21. The van der Waals surface area contributed by atoms with Gasteiger partial charge in [-0.25, -0.2) is 0 Å². The third kappa shape index (κ3) is 4.61. The lowest BCUT2D eigenvalue weighted by Crippen LogP contribution is -2.22. The number of benzene rings is 1. The molecule has 1 aliphatic rings. The maximum Gasteiger partial charge on any atom is 0.0417 e. The highest BCUT2D eigenvalue weighted by Crippen LogP contribution is 2.32. The van der Waals surface area contributed by atoms with Crippen LogP contribution in [-0.2, 0) is 0 Å². The number of nitrogens with one attached hydrogen (secondary N) is 1. The SMILES string of the molecule is CCNC/C(=C/c1ccc(Cl)cc1Br)C1CCCCC1. The van der Waals surface area contributed by atoms with Crippen LogP contribution in [0.1, 0.15) is 44.6 Å². The topological polar surface area (TPSA) is 12.0 Å². The van der Waals surface area contributed by atoms with Crippen LogP contribution in [0.3, 0.4) is 0 Å². The zero-order valence-electron chi connectivity index (χ0n) is 12.1. The highest BCUT2D eigenvalue weighted by Gasteiger charge is 2.17. The summed E-state index contributed by atoms with van der Waals surface area (Å²) >= 11 is 9.64. The summed E-state index contributed by atoms with van der Waals surface area (Å²) in [7, 11) is 0. The van der Waals surface area contributed by atoms with Gasteiger partial charge in [0, 0.05) is 16.0 Å². The Morgan fingerprint density at radius 3 is 2.75 bits per heavy atom. The molecule has 0 amide bonds. The van der Waals surface area contributed by atoms with E-state index in [1.54, 1.807) is 0 Å². The van der Waals surface area contributed by atoms with E-state index in [0.29, 0.717) is 0 Å². The summed E-state index contributed by atoms with van der Waals surface area (Å²) in [5.41, 5.74) is 2.77. The van der Waals surface area contributed by atoms with Crippen LogP contribution >= 0.6 is 27.5 Å². The number of likely N-dealkylation sites (N-methyl/N-ethyl adjacent to an activating group) is 1. The van der Waals surface area contributed by atoms with E-state index in [0.717, 1.165) is 28.5 Å². The number of hydrogen-bond donors (Lipinski definition) is 1. The second-order valence-corrected chi connectivity index (χ2v) is 6.79. The lowest BCUT2D eigenvalue weighted by molar-refractivity contribution is 0.397. The molecule has 0 heterocycles. The van der Waals surface area contributed by atoms with E-state index >= 15 is 0 Å². The molecule has 0 spiro atoms. The van der Waals surface area contributed by atoms with Crippen LogP contribution in [0.4, 0.5) is 0 Å². The summed E-state index contributed by atoms with van der Waals surface area (Å²) < 4.78 is 1.08. The van der Waals surface area contributed by atoms with Gasteiger partial charge in [-0.1, -0.05) is 71.4 Å². The molecule has 1 aromatic rings. The largest absolute Gasteiger partial charge is 0.313 e. The lowest BCUT2D eigenvalue weighted by atomic mass is 9.83. The lowest BCUT2D eigenvalue weighted by Gasteiger charge is -2.25. The first-order chi connectivity index (χ1) is 9.70. The van der Waals surface area contributed by atoms with Gasteiger partial charge < -0.3 is 5.32 Å². The van der Waals surface area contributed by atoms with Crippen molar-refractivity contribution >= 4 is 33.6 Å². The van der Waals surface area contributed by atoms with Crippen molar-refractivity contribution in [1.82, 2.24) is 5.32 Å². The van der Waals surface area contributed by atoms with Crippen LogP contribution in [0.2, 0.25) is 5.02 Å². The van der Waals surface area contributed by atoms with Crippen LogP contribution < -0.4 is 5.32 Å². The van der Waals surface area contributed by atoms with E-state index in [9.17, 15) is 0 Å². The normalized spacial score (nSPS) is 17.4. The standard InChI is InChI=1S/C17H23BrClN/c1-2-20-12-15(13-6-4-3-5-7-13)10-14-8-9-16(19)11-17(14)18/h8-11,13,20H,2-7,12H2,1H3/b15-10-. The maximum atomic E-state index is 6.02. The molecule has 0 atom stereocenters. The monoisotopic (exact) mass is 355 g/mol. The molecule has 0 radical (unpaired) electrons. The van der Waals surface area contributed by atoms with Gasteiger partial charge in [0.1, 0.15) is 0 Å². The Morgan fingerprint density at radius 1 is 1.35 bits per heavy atom. The smallest absolute Gasteiger partial charge is 0.0417 e. The second-order valence-electron chi connectivity index (χ2n) is 5.50. The number of halogens is 2. The first-order valence-electron chi connectivity index (χ1n) is 7.57. The van der Waals surface area contributed by atoms with Crippen molar-refractivity contribution in [1.29, 1.82) is 0 Å². The Hall–Kier alpha value is -0.310. The molecule has 1 nitrogen and oxygen atoms in total. The molecule has 0 aliphatic heterocycles. The van der Waals surface area contributed by atoms with Crippen molar-refractivity contribution in [3.63, 3.8) is 0 Å². The van der Waals surface area contributed by atoms with Gasteiger partial charge >= 0.3 is 0 Å². The van der Waals surface area contributed by atoms with Gasteiger partial charge in [-0.15, -0.1) is 0 Å². The molecule has 2 rings (SSSR count). The molecule has 1 saturated carbocycles. The summed E-state index contributed by atoms with van der Waals surface area (Å²) in [6.07, 6.45) is 9.16. The molecule has 0 aromatic heterocycles. The average molecular weight is 357 g/mol. The molecule has 1 fully saturated rings. The van der Waals surface area contributed by atoms with Gasteiger partial charge in [0.2, 0.25) is 0 Å². The molecule has 1 N–H and O–H groups in total. The third-order valence-corrected chi connectivity index (χ3v) is 4.93. The fraction of sp³-hybridized carbons (Fsp3) is 0.529. The molecule has 0 bridgehead atoms. The molecule has 3 heteroatoms. The average Bonchev–Trinajstić information content (AvgIpc) is 2.46. The van der Waals surface area contributed by atoms with Gasteiger partial charge in [-0.2, -0.15) is 0 Å². The Bertz CT molecular complexity index is 464. The Kier molecular flexibility index (Phi) is 6.60. The minimum absolute atomic E-state index is 0.741. The summed E-state index contributed by atoms with van der Waals surface area (Å²) in [6, 6.07) is 6.03. The van der Waals surface area contributed by atoms with Gasteiger partial charge in [0.05, 0.1) is 0 Å². The Morgan fingerprint density at radius 2 is 2.10 bits per heavy atom. The molecule has 1 aromatic carbocycles. The summed E-state index contributed by atoms with van der Waals surface area (Å²) in [6.45, 7) is 4.18. The fourth-order valence-electron chi connectivity index (χ4n) is 2.87. The number of hydrogen-bond acceptors (Lipinski definition) is 1. The van der Waals surface area contributed by atoms with Crippen LogP contribution in [0.15, 0.2) is 28.2 Å². The minimum atomic E-state index is 0.741. The predicted octanol–water partition coefficient (Wildman–Crippen LogP) is 5.68. The van der Waals surface area contributed by atoms with E-state index in [1.165, 1.54) is 43.2 Å². The van der Waals surface area contributed by atoms with E-state index in [2.05, 4.69) is 40.3 Å². The van der Waals surface area contributed by atoms with Gasteiger partial charge in [-0.3, -0.25) is 0 Å². The molecule has 110 valence electrons. The maximum absolute atomic E-state index is 6.02. The second kappa shape index (κ2) is 8.21. The van der Waals surface area contributed by atoms with Crippen molar-refractivity contribution in [2.45, 2.75) is 39.0 Å². The van der Waals surface area contributed by atoms with E-state index in [4.69, 9.17) is 11.6 Å². The molecule has 0 unspecified atom stereocenters. The van der Waals surface area contributed by atoms with Gasteiger partial charge in [0.15, 0.2) is 0 Å². The van der Waals surface area contributed by atoms with Crippen LogP contribution in [-0.4, -0.2) is 13.1 Å². The molecule has 1 aliphatic carbocycles. The molecule has 20 heavy (non-hydrogen) atoms. The molecule has 0 saturated heterocycles. The minimum Gasteiger partial charge on any atom is -0.313 e. The quantitative estimate of drug-likeness (QED) is 0.716. The highest BCUT2D eigenvalue weighted by atomic mass is 79.9. The van der Waals surface area contributed by atoms with E-state index in [-0.39, 0.29) is 0 Å². The van der Waals surface area contributed by atoms with Gasteiger partial charge in [-0.05, 0) is 43.0 Å². The van der Waals surface area contributed by atoms with Crippen molar-refractivity contribution in [3.8, 4) is 0 Å². The Labute approximate surface area is 135 Å². The fourth-order valence-corrected chi connectivity index (χ4v) is 3.67. The van der Waals surface area contributed by atoms with Crippen molar-refractivity contribution in [3.05, 3.63) is 38.8 Å². The van der Waals surface area contributed by atoms with Crippen LogP contribution in [0, 0.1) is 5.92 Å². The van der Waals surface area contributed by atoms with Crippen molar-refractivity contribution in [2.24, 2.45) is 5.92 Å². The third-order valence-electron chi connectivity index (χ3n) is 4.01. The predicted molar refractivity (Wildman–Crippen MR) is 92.2 cm³/mol. The van der Waals surface area contributed by atoms with E-state index in [1.807, 2.05) is 12.1 Å². The first kappa shape index (κ1) is 16.1. The summed E-state index contributed by atoms with van der Waals surface area (Å²) in [5, 5.41) is 4.26. The van der Waals surface area contributed by atoms with Crippen molar-refractivity contribution < 1.29 is 0 Å². The highest BCUT2D eigenvalue weighted by molar-refractivity contribution is 9.10. The van der Waals surface area contributed by atoms with E-state index < -0.39 is 0 Å². The van der Waals surface area contributed by atoms with Crippen LogP contribution in [0.5, 0.6) is 0 Å². The van der Waals surface area contributed by atoms with Gasteiger partial charge in [0.25, 0.3) is 0 Å². The zero-order chi connectivity index (χ0) is 14.4. The summed E-state index contributed by atoms with van der Waals surface area (Å²) in [4.78, 5) is 0. The van der Waals surface area contributed by atoms with Crippen LogP contribution in [0.25, 0.3) is 6.08 Å². The summed E-state index contributed by atoms with van der Waals surface area (Å²) in [5.74, 6) is 0.741.